The molecule has 0 saturated heterocycles. The lowest BCUT2D eigenvalue weighted by Crippen LogP contribution is -2.19. The highest BCUT2D eigenvalue weighted by Crippen LogP contribution is 2.32. The van der Waals surface area contributed by atoms with Gasteiger partial charge in [0.2, 0.25) is 5.91 Å². The molecule has 0 bridgehead atoms. The minimum atomic E-state index is -4.45. The van der Waals surface area contributed by atoms with E-state index in [1.54, 1.807) is 41.8 Å². The van der Waals surface area contributed by atoms with Gasteiger partial charge in [-0.2, -0.15) is 18.3 Å². The van der Waals surface area contributed by atoms with Crippen molar-refractivity contribution in [3.63, 3.8) is 0 Å². The van der Waals surface area contributed by atoms with Crippen molar-refractivity contribution in [2.45, 2.75) is 19.2 Å². The van der Waals surface area contributed by atoms with E-state index in [-0.39, 0.29) is 24.5 Å². The van der Waals surface area contributed by atoms with Crippen molar-refractivity contribution in [1.82, 2.24) is 10.4 Å². The Bertz CT molecular complexity index is 1460. The van der Waals surface area contributed by atoms with E-state index in [9.17, 15) is 22.4 Å². The maximum atomic E-state index is 13.8. The first-order chi connectivity index (χ1) is 18.2. The summed E-state index contributed by atoms with van der Waals surface area (Å²) in [5.41, 5.74) is 3.44. The molecule has 1 heterocycles. The molecule has 4 rings (SSSR count). The third-order valence-corrected chi connectivity index (χ3v) is 6.46. The molecule has 6 nitrogen and oxygen atoms in total. The fraction of sp³-hybridized carbons (Fsp3) is 0.115. The van der Waals surface area contributed by atoms with Gasteiger partial charge in [0.05, 0.1) is 28.4 Å². The summed E-state index contributed by atoms with van der Waals surface area (Å²) in [4.78, 5) is 16.5. The van der Waals surface area contributed by atoms with E-state index in [1.165, 1.54) is 35.8 Å². The zero-order chi connectivity index (χ0) is 27.1. The first-order valence-corrected chi connectivity index (χ1v) is 12.7. The molecule has 3 aromatic carbocycles. The molecule has 1 amide bonds. The third kappa shape index (κ3) is 7.62. The number of aromatic nitrogens is 1. The molecule has 0 radical (unpaired) electrons. The summed E-state index contributed by atoms with van der Waals surface area (Å²) in [5, 5.41) is 8.75. The van der Waals surface area contributed by atoms with Crippen molar-refractivity contribution in [3.8, 4) is 5.75 Å². The second-order valence-corrected chi connectivity index (χ2v) is 9.60. The van der Waals surface area contributed by atoms with Crippen LogP contribution in [-0.4, -0.2) is 17.1 Å². The summed E-state index contributed by atoms with van der Waals surface area (Å²) < 4.78 is 58.7. The Hall–Kier alpha value is -3.77. The Morgan fingerprint density at radius 1 is 1.11 bits per heavy atom. The van der Waals surface area contributed by atoms with Crippen LogP contribution in [0.2, 0.25) is 0 Å². The average Bonchev–Trinajstić information content (AvgIpc) is 3.30. The Morgan fingerprint density at radius 2 is 1.92 bits per heavy atom. The normalized spacial score (nSPS) is 11.5. The van der Waals surface area contributed by atoms with E-state index < -0.39 is 17.6 Å². The van der Waals surface area contributed by atoms with Crippen molar-refractivity contribution < 1.29 is 27.1 Å². The maximum Gasteiger partial charge on any atom is 0.416 e. The summed E-state index contributed by atoms with van der Waals surface area (Å²) >= 11 is 4.57. The monoisotopic (exact) mass is 606 g/mol. The van der Waals surface area contributed by atoms with Gasteiger partial charge in [-0.15, -0.1) is 11.3 Å². The van der Waals surface area contributed by atoms with Crippen molar-refractivity contribution in [1.29, 1.82) is 0 Å². The molecule has 38 heavy (non-hydrogen) atoms. The van der Waals surface area contributed by atoms with E-state index in [2.05, 4.69) is 36.8 Å². The fourth-order valence-electron chi connectivity index (χ4n) is 3.21. The highest BCUT2D eigenvalue weighted by molar-refractivity contribution is 9.10. The SMILES string of the molecule is O=C(Cc1csc(Nc2cccc(C(F)(F)F)c2)n1)N/N=C\c1ccc(OCc2ccccc2F)c(Br)c1. The van der Waals surface area contributed by atoms with Crippen LogP contribution in [0.1, 0.15) is 22.4 Å². The van der Waals surface area contributed by atoms with Crippen LogP contribution in [0.4, 0.5) is 28.4 Å². The summed E-state index contributed by atoms with van der Waals surface area (Å²) in [6.45, 7) is 0.0720. The van der Waals surface area contributed by atoms with Gasteiger partial charge in [-0.3, -0.25) is 4.79 Å². The molecule has 0 atom stereocenters. The first-order valence-electron chi connectivity index (χ1n) is 11.0. The van der Waals surface area contributed by atoms with Crippen LogP contribution in [0, 0.1) is 5.82 Å². The average molecular weight is 607 g/mol. The zero-order valence-corrected chi connectivity index (χ0v) is 21.8. The first kappa shape index (κ1) is 27.3. The Labute approximate surface area is 227 Å². The number of amides is 1. The van der Waals surface area contributed by atoms with Crippen LogP contribution in [0.25, 0.3) is 0 Å². The van der Waals surface area contributed by atoms with E-state index in [0.717, 1.165) is 12.1 Å². The van der Waals surface area contributed by atoms with Gasteiger partial charge in [-0.25, -0.2) is 14.8 Å². The maximum absolute atomic E-state index is 13.8. The van der Waals surface area contributed by atoms with Crippen molar-refractivity contribution in [2.24, 2.45) is 5.10 Å². The zero-order valence-electron chi connectivity index (χ0n) is 19.4. The minimum absolute atomic E-state index is 0.0649. The smallest absolute Gasteiger partial charge is 0.416 e. The highest BCUT2D eigenvalue weighted by atomic mass is 79.9. The number of hydrogen-bond acceptors (Lipinski definition) is 6. The molecule has 0 saturated carbocycles. The van der Waals surface area contributed by atoms with Crippen molar-refractivity contribution >= 4 is 50.2 Å². The number of carbonyl (C=O) groups is 1. The standard InChI is InChI=1S/C26H19BrF4N4O2S/c27-21-10-16(8-9-23(21)37-14-17-4-1-2-7-22(17)28)13-32-35-24(36)12-20-15-38-25(34-20)33-19-6-3-5-18(11-19)26(29,30)31/h1-11,13,15H,12,14H2,(H,33,34)(H,35,36)/b32-13-. The molecule has 1 aromatic heterocycles. The number of carbonyl (C=O) groups excluding carboxylic acids is 1. The lowest BCUT2D eigenvalue weighted by molar-refractivity contribution is -0.137. The summed E-state index contributed by atoms with van der Waals surface area (Å²) in [6, 6.07) is 16.3. The van der Waals surface area contributed by atoms with Gasteiger partial charge in [-0.1, -0.05) is 24.3 Å². The Morgan fingerprint density at radius 3 is 2.68 bits per heavy atom. The van der Waals surface area contributed by atoms with Gasteiger partial charge in [0, 0.05) is 16.6 Å². The van der Waals surface area contributed by atoms with Crippen LogP contribution in [-0.2, 0) is 24.0 Å². The molecule has 12 heteroatoms. The largest absolute Gasteiger partial charge is 0.488 e. The van der Waals surface area contributed by atoms with Gasteiger partial charge in [0.25, 0.3) is 0 Å². The van der Waals surface area contributed by atoms with Crippen LogP contribution < -0.4 is 15.5 Å². The van der Waals surface area contributed by atoms with E-state index in [4.69, 9.17) is 4.74 Å². The van der Waals surface area contributed by atoms with Gasteiger partial charge in [0.15, 0.2) is 5.13 Å². The number of benzene rings is 3. The molecule has 0 spiro atoms. The lowest BCUT2D eigenvalue weighted by atomic mass is 10.2. The number of hydrogen-bond donors (Lipinski definition) is 2. The molecule has 196 valence electrons. The van der Waals surface area contributed by atoms with Gasteiger partial charge in [-0.05, 0) is 64.0 Å². The summed E-state index contributed by atoms with van der Waals surface area (Å²) in [7, 11) is 0. The molecular weight excluding hydrogens is 588 g/mol. The number of nitrogens with zero attached hydrogens (tertiary/aromatic N) is 2. The molecular formula is C26H19BrF4N4O2S. The highest BCUT2D eigenvalue weighted by Gasteiger charge is 2.30. The number of nitrogens with one attached hydrogen (secondary N) is 2. The number of halogens is 5. The summed E-state index contributed by atoms with van der Waals surface area (Å²) in [5.74, 6) is -0.238. The molecule has 0 aliphatic heterocycles. The van der Waals surface area contributed by atoms with Gasteiger partial charge in [0.1, 0.15) is 18.2 Å². The van der Waals surface area contributed by atoms with Crippen LogP contribution in [0.3, 0.4) is 0 Å². The van der Waals surface area contributed by atoms with Gasteiger partial charge < -0.3 is 10.1 Å². The molecule has 2 N–H and O–H groups in total. The molecule has 4 aromatic rings. The Kier molecular flexibility index (Phi) is 8.74. The number of hydrazone groups is 1. The molecule has 0 unspecified atom stereocenters. The predicted molar refractivity (Wildman–Crippen MR) is 141 cm³/mol. The fourth-order valence-corrected chi connectivity index (χ4v) is 4.45. The number of alkyl halides is 3. The van der Waals surface area contributed by atoms with Crippen LogP contribution in [0.5, 0.6) is 5.75 Å². The number of ether oxygens (including phenoxy) is 1. The van der Waals surface area contributed by atoms with Crippen LogP contribution >= 0.6 is 27.3 Å². The quantitative estimate of drug-likeness (QED) is 0.121. The number of thiazole rings is 1. The minimum Gasteiger partial charge on any atom is -0.488 e. The van der Waals surface area contributed by atoms with Crippen molar-refractivity contribution in [2.75, 3.05) is 5.32 Å². The van der Waals surface area contributed by atoms with E-state index in [0.29, 0.717) is 32.2 Å². The molecule has 0 aliphatic rings. The van der Waals surface area contributed by atoms with E-state index >= 15 is 0 Å². The summed E-state index contributed by atoms with van der Waals surface area (Å²) in [6.07, 6.45) is -3.06. The predicted octanol–water partition coefficient (Wildman–Crippen LogP) is 7.08. The topological polar surface area (TPSA) is 75.6 Å². The Balaban J connectivity index is 1.27. The van der Waals surface area contributed by atoms with E-state index in [1.807, 2.05) is 0 Å². The molecule has 0 fully saturated rings. The third-order valence-electron chi connectivity index (χ3n) is 5.03. The lowest BCUT2D eigenvalue weighted by Gasteiger charge is -2.09. The number of anilines is 2. The number of rotatable bonds is 9. The second-order valence-electron chi connectivity index (χ2n) is 7.89. The van der Waals surface area contributed by atoms with Crippen molar-refractivity contribution in [3.05, 3.63) is 105 Å². The van der Waals surface area contributed by atoms with Gasteiger partial charge >= 0.3 is 6.18 Å². The second kappa shape index (κ2) is 12.2. The van der Waals surface area contributed by atoms with Crippen LogP contribution in [0.15, 0.2) is 81.7 Å². The molecule has 0 aliphatic carbocycles.